The van der Waals surface area contributed by atoms with Gasteiger partial charge in [0.1, 0.15) is 5.75 Å². The number of benzene rings is 2. The Morgan fingerprint density at radius 2 is 1.72 bits per heavy atom. The predicted molar refractivity (Wildman–Crippen MR) is 120 cm³/mol. The van der Waals surface area contributed by atoms with Crippen molar-refractivity contribution in [1.29, 1.82) is 0 Å². The van der Waals surface area contributed by atoms with Crippen LogP contribution in [-0.2, 0) is 0 Å². The second-order valence-corrected chi connectivity index (χ2v) is 7.62. The number of para-hydroxylation sites is 1. The molecule has 0 atom stereocenters. The van der Waals surface area contributed by atoms with Crippen molar-refractivity contribution in [3.63, 3.8) is 0 Å². The molecular formula is C22H27N3O3S. The van der Waals surface area contributed by atoms with Gasteiger partial charge in [0.2, 0.25) is 0 Å². The highest BCUT2D eigenvalue weighted by Crippen LogP contribution is 2.19. The van der Waals surface area contributed by atoms with E-state index in [1.165, 1.54) is 4.90 Å². The Labute approximate surface area is 177 Å². The fourth-order valence-corrected chi connectivity index (χ4v) is 2.68. The van der Waals surface area contributed by atoms with E-state index in [9.17, 15) is 9.59 Å². The lowest BCUT2D eigenvalue weighted by atomic mass is 10.1. The summed E-state index contributed by atoms with van der Waals surface area (Å²) >= 11 is 5.24. The number of ether oxygens (including phenoxy) is 1. The van der Waals surface area contributed by atoms with Gasteiger partial charge in [0.05, 0.1) is 12.2 Å². The van der Waals surface area contributed by atoms with Gasteiger partial charge < -0.3 is 15.0 Å². The van der Waals surface area contributed by atoms with Crippen LogP contribution in [0.3, 0.4) is 0 Å². The van der Waals surface area contributed by atoms with Crippen molar-refractivity contribution < 1.29 is 14.3 Å². The monoisotopic (exact) mass is 413 g/mol. The van der Waals surface area contributed by atoms with Crippen LogP contribution in [0.2, 0.25) is 0 Å². The van der Waals surface area contributed by atoms with E-state index in [1.54, 1.807) is 56.6 Å². The highest BCUT2D eigenvalue weighted by Gasteiger charge is 2.14. The molecule has 0 aliphatic heterocycles. The molecular weight excluding hydrogens is 386 g/mol. The van der Waals surface area contributed by atoms with E-state index in [4.69, 9.17) is 17.0 Å². The molecule has 2 aromatic rings. The SMILES string of the molecule is CC(C)CCOc1ccccc1C(=O)NC(=S)Nc1ccc(C(=O)N(C)C)cc1. The number of carbonyl (C=O) groups is 2. The molecule has 154 valence electrons. The first-order chi connectivity index (χ1) is 13.8. The van der Waals surface area contributed by atoms with Gasteiger partial charge in [-0.3, -0.25) is 14.9 Å². The summed E-state index contributed by atoms with van der Waals surface area (Å²) in [5, 5.41) is 5.78. The molecule has 2 rings (SSSR count). The molecule has 0 saturated heterocycles. The number of anilines is 1. The van der Waals surface area contributed by atoms with Gasteiger partial charge in [-0.2, -0.15) is 0 Å². The number of amides is 2. The summed E-state index contributed by atoms with van der Waals surface area (Å²) in [7, 11) is 3.40. The fourth-order valence-electron chi connectivity index (χ4n) is 2.47. The summed E-state index contributed by atoms with van der Waals surface area (Å²) < 4.78 is 5.76. The largest absolute Gasteiger partial charge is 0.493 e. The van der Waals surface area contributed by atoms with Crippen molar-refractivity contribution in [3.8, 4) is 5.75 Å². The van der Waals surface area contributed by atoms with Crippen LogP contribution < -0.4 is 15.4 Å². The first kappa shape index (κ1) is 22.4. The Balaban J connectivity index is 1.97. The number of carbonyl (C=O) groups excluding carboxylic acids is 2. The second-order valence-electron chi connectivity index (χ2n) is 7.21. The highest BCUT2D eigenvalue weighted by atomic mass is 32.1. The van der Waals surface area contributed by atoms with Crippen LogP contribution in [0.4, 0.5) is 5.69 Å². The molecule has 0 aromatic heterocycles. The first-order valence-corrected chi connectivity index (χ1v) is 9.84. The van der Waals surface area contributed by atoms with Crippen LogP contribution in [0.5, 0.6) is 5.75 Å². The second kappa shape index (κ2) is 10.6. The maximum absolute atomic E-state index is 12.6. The van der Waals surface area contributed by atoms with Crippen LogP contribution in [0.25, 0.3) is 0 Å². The molecule has 0 unspecified atom stereocenters. The maximum atomic E-state index is 12.6. The molecule has 2 amide bonds. The normalized spacial score (nSPS) is 10.4. The van der Waals surface area contributed by atoms with Gasteiger partial charge in [0, 0.05) is 25.3 Å². The van der Waals surface area contributed by atoms with E-state index < -0.39 is 0 Å². The summed E-state index contributed by atoms with van der Waals surface area (Å²) in [4.78, 5) is 26.1. The van der Waals surface area contributed by atoms with Gasteiger partial charge in [0.25, 0.3) is 11.8 Å². The number of hydrogen-bond donors (Lipinski definition) is 2. The Bertz CT molecular complexity index is 864. The van der Waals surface area contributed by atoms with E-state index in [1.807, 2.05) is 6.07 Å². The van der Waals surface area contributed by atoms with E-state index in [0.717, 1.165) is 6.42 Å². The molecule has 7 heteroatoms. The molecule has 0 aliphatic rings. The minimum atomic E-state index is -0.345. The smallest absolute Gasteiger partial charge is 0.261 e. The molecule has 0 heterocycles. The molecule has 6 nitrogen and oxygen atoms in total. The molecule has 2 aromatic carbocycles. The lowest BCUT2D eigenvalue weighted by molar-refractivity contribution is 0.0827. The van der Waals surface area contributed by atoms with Crippen molar-refractivity contribution in [1.82, 2.24) is 10.2 Å². The summed E-state index contributed by atoms with van der Waals surface area (Å²) in [6, 6.07) is 13.9. The molecule has 0 radical (unpaired) electrons. The Morgan fingerprint density at radius 3 is 2.34 bits per heavy atom. The third kappa shape index (κ3) is 6.87. The standard InChI is InChI=1S/C22H27N3O3S/c1-15(2)13-14-28-19-8-6-5-7-18(19)20(26)24-22(29)23-17-11-9-16(10-12-17)21(27)25(3)4/h5-12,15H,13-14H2,1-4H3,(H2,23,24,26,29). The van der Waals surface area contributed by atoms with E-state index in [2.05, 4.69) is 24.5 Å². The molecule has 0 spiro atoms. The van der Waals surface area contributed by atoms with E-state index >= 15 is 0 Å². The Hall–Kier alpha value is -2.93. The summed E-state index contributed by atoms with van der Waals surface area (Å²) in [5.41, 5.74) is 1.67. The van der Waals surface area contributed by atoms with Crippen molar-refractivity contribution in [3.05, 3.63) is 59.7 Å². The summed E-state index contributed by atoms with van der Waals surface area (Å²) in [6.07, 6.45) is 0.905. The first-order valence-electron chi connectivity index (χ1n) is 9.43. The Morgan fingerprint density at radius 1 is 1.07 bits per heavy atom. The minimum Gasteiger partial charge on any atom is -0.493 e. The fraction of sp³-hybridized carbons (Fsp3) is 0.318. The van der Waals surface area contributed by atoms with Crippen molar-refractivity contribution in [2.45, 2.75) is 20.3 Å². The van der Waals surface area contributed by atoms with Gasteiger partial charge >= 0.3 is 0 Å². The molecule has 0 saturated carbocycles. The summed E-state index contributed by atoms with van der Waals surface area (Å²) in [5.74, 6) is 0.621. The average Bonchev–Trinajstić information content (AvgIpc) is 2.68. The molecule has 0 fully saturated rings. The van der Waals surface area contributed by atoms with Gasteiger partial charge in [-0.05, 0) is 61.0 Å². The van der Waals surface area contributed by atoms with Crippen LogP contribution in [0.15, 0.2) is 48.5 Å². The van der Waals surface area contributed by atoms with Crippen molar-refractivity contribution >= 4 is 34.8 Å². The predicted octanol–water partition coefficient (Wildman–Crippen LogP) is 3.94. The lowest BCUT2D eigenvalue weighted by Gasteiger charge is -2.14. The van der Waals surface area contributed by atoms with Crippen LogP contribution in [0.1, 0.15) is 41.0 Å². The number of nitrogens with one attached hydrogen (secondary N) is 2. The van der Waals surface area contributed by atoms with E-state index in [-0.39, 0.29) is 16.9 Å². The molecule has 29 heavy (non-hydrogen) atoms. The van der Waals surface area contributed by atoms with Gasteiger partial charge in [-0.15, -0.1) is 0 Å². The Kier molecular flexibility index (Phi) is 8.15. The molecule has 0 aliphatic carbocycles. The van der Waals surface area contributed by atoms with Crippen LogP contribution in [-0.4, -0.2) is 42.5 Å². The van der Waals surface area contributed by atoms with Crippen molar-refractivity contribution in [2.75, 3.05) is 26.0 Å². The molecule has 0 bridgehead atoms. The van der Waals surface area contributed by atoms with Crippen LogP contribution >= 0.6 is 12.2 Å². The molecule has 2 N–H and O–H groups in total. The lowest BCUT2D eigenvalue weighted by Crippen LogP contribution is -2.34. The van der Waals surface area contributed by atoms with E-state index in [0.29, 0.717) is 35.1 Å². The minimum absolute atomic E-state index is 0.0819. The average molecular weight is 414 g/mol. The van der Waals surface area contributed by atoms with Crippen molar-refractivity contribution in [2.24, 2.45) is 5.92 Å². The number of hydrogen-bond acceptors (Lipinski definition) is 4. The zero-order valence-corrected chi connectivity index (χ0v) is 18.0. The van der Waals surface area contributed by atoms with Gasteiger partial charge in [-0.1, -0.05) is 26.0 Å². The number of thiocarbonyl (C=S) groups is 1. The van der Waals surface area contributed by atoms with Gasteiger partial charge in [0.15, 0.2) is 5.11 Å². The zero-order valence-electron chi connectivity index (χ0n) is 17.2. The highest BCUT2D eigenvalue weighted by molar-refractivity contribution is 7.80. The summed E-state index contributed by atoms with van der Waals surface area (Å²) in [6.45, 7) is 4.78. The number of rotatable bonds is 7. The topological polar surface area (TPSA) is 70.7 Å². The van der Waals surface area contributed by atoms with Crippen LogP contribution in [0, 0.1) is 5.92 Å². The third-order valence-corrected chi connectivity index (χ3v) is 4.31. The van der Waals surface area contributed by atoms with Gasteiger partial charge in [-0.25, -0.2) is 0 Å². The third-order valence-electron chi connectivity index (χ3n) is 4.11. The number of nitrogens with zero attached hydrogens (tertiary/aromatic N) is 1. The quantitative estimate of drug-likeness (QED) is 0.673. The maximum Gasteiger partial charge on any atom is 0.261 e. The zero-order chi connectivity index (χ0) is 21.4.